The van der Waals surface area contributed by atoms with E-state index in [4.69, 9.17) is 42.3 Å². The molecule has 4 aromatic carbocycles. The van der Waals surface area contributed by atoms with Crippen LogP contribution in [-0.2, 0) is 9.59 Å². The molecule has 0 bridgehead atoms. The summed E-state index contributed by atoms with van der Waals surface area (Å²) in [4.78, 5) is 89.2. The lowest BCUT2D eigenvalue weighted by molar-refractivity contribution is -0.664. The number of nitrogens with one attached hydrogen (secondary N) is 2. The lowest BCUT2D eigenvalue weighted by Crippen LogP contribution is -3.00. The average molecular weight is 1450 g/mol. The number of anilines is 2. The van der Waals surface area contributed by atoms with Crippen molar-refractivity contribution in [3.8, 4) is 60.2 Å². The second-order valence-corrected chi connectivity index (χ2v) is 26.5. The number of carbonyl (C=O) groups excluding carboxylic acids is 4. The fourth-order valence-electron chi connectivity index (χ4n) is 13.3. The molecule has 6 aromatic heterocycles. The number of pyridine rings is 2. The van der Waals surface area contributed by atoms with Gasteiger partial charge in [-0.2, -0.15) is 0 Å². The van der Waals surface area contributed by atoms with Crippen LogP contribution >= 0.6 is 11.6 Å². The number of nitrogens with zero attached hydrogens (tertiary/aromatic N) is 10. The normalized spacial score (nSPS) is 15.1. The molecule has 1 saturated carbocycles. The van der Waals surface area contributed by atoms with Crippen LogP contribution in [0.5, 0.6) is 0 Å². The zero-order valence-electron chi connectivity index (χ0n) is 59.6. The minimum Gasteiger partial charge on any atom is -1.00 e. The number of benzene rings is 4. The Morgan fingerprint density at radius 3 is 1.41 bits per heavy atom. The lowest BCUT2D eigenvalue weighted by Gasteiger charge is -2.28. The molecule has 10 aromatic rings. The summed E-state index contributed by atoms with van der Waals surface area (Å²) in [5, 5.41) is 19.3. The van der Waals surface area contributed by atoms with Crippen molar-refractivity contribution in [2.45, 2.75) is 110 Å². The maximum absolute atomic E-state index is 14.3. The quantitative estimate of drug-likeness (QED) is 0.0779. The van der Waals surface area contributed by atoms with E-state index in [1.54, 1.807) is 79.0 Å². The first-order valence-corrected chi connectivity index (χ1v) is 35.4. The number of likely N-dealkylation sites (tertiary alicyclic amines) is 2. The molecule has 3 aliphatic heterocycles. The summed E-state index contributed by atoms with van der Waals surface area (Å²) in [5.74, 6) is 16.2. The maximum atomic E-state index is 14.3. The number of para-hydroxylation sites is 2. The van der Waals surface area contributed by atoms with Gasteiger partial charge in [0.05, 0.1) is 41.0 Å². The van der Waals surface area contributed by atoms with Gasteiger partial charge in [0, 0.05) is 138 Å². The fourth-order valence-corrected chi connectivity index (χ4v) is 13.6. The molecule has 1 aliphatic carbocycles. The molecule has 4 aliphatic rings. The van der Waals surface area contributed by atoms with Crippen LogP contribution in [0.2, 0.25) is 5.02 Å². The molecule has 3 radical (unpaired) electrons. The highest BCUT2D eigenvalue weighted by Crippen LogP contribution is 2.29. The van der Waals surface area contributed by atoms with E-state index >= 15 is 0 Å². The second kappa shape index (κ2) is 37.9. The molecule has 0 spiro atoms. The molecular weight excluding hydrogens is 1360 g/mol. The van der Waals surface area contributed by atoms with Crippen molar-refractivity contribution in [1.29, 1.82) is 0 Å². The Labute approximate surface area is 625 Å². The van der Waals surface area contributed by atoms with E-state index in [0.717, 1.165) is 44.2 Å². The fraction of sp³-hybridized carbons (Fsp3) is 0.333. The molecule has 0 unspecified atom stereocenters. The number of hydrogen-bond donors (Lipinski definition) is 5. The topological polar surface area (TPSA) is 272 Å². The van der Waals surface area contributed by atoms with E-state index in [1.807, 2.05) is 114 Å². The van der Waals surface area contributed by atoms with Crippen molar-refractivity contribution < 1.29 is 36.9 Å². The molecule has 24 heteroatoms. The van der Waals surface area contributed by atoms with Gasteiger partial charge in [0.1, 0.15) is 11.1 Å². The number of halogens is 2. The molecule has 4 fully saturated rings. The van der Waals surface area contributed by atoms with Gasteiger partial charge in [-0.3, -0.25) is 37.9 Å². The minimum atomic E-state index is -0.580. The number of piperidine rings is 3. The summed E-state index contributed by atoms with van der Waals surface area (Å²) in [6, 6.07) is 35.5. The third kappa shape index (κ3) is 19.6. The summed E-state index contributed by atoms with van der Waals surface area (Å²) >= 11 is 6.37. The standard InChI is InChI=1S/C33H31N7O3.C24H19ClN6O2.C9H13NO.C8H12.C7H11N.B.ClH/c1-21(36-32(42)29-30(34)37-39-17-7-16-35-31(29)39)27-20-25-9-6-8-24(13-12-23-14-18-38(19-15-23)22(2)41)28(25)33(43)40(27)26-10-4-3-5-11-26;1-14(28-23(32)20-21(26)29-30-12-6-11-27-22(20)30)18-13-15-7-5-10-17(25)19(15)24(33)31(18)16-8-3-2-4-9-16;1-3-9-4-6-10(7-5-9)8(2)11;1-2-8-6-4-3-5-7-8;1-2-7-3-5-8-6-4-7;;/h3-11,16-17,20-21,23H,14-15,18-19H2,1-2H3,(H2,34,37)(H,36,42);2-14H,1H3,(H2,26,29)(H,28,32);1,9H,4-7H2,2H3;1,8H,3-7H2;1,7-8H,3-6H2;;1H/t21-;14-;;;;;/m00...../s1. The molecule has 4 amide bonds. The second-order valence-electron chi connectivity index (χ2n) is 26.1. The van der Waals surface area contributed by atoms with Gasteiger partial charge in [-0.05, 0) is 124 Å². The van der Waals surface area contributed by atoms with Crippen molar-refractivity contribution in [2.24, 2.45) is 23.7 Å². The Kier molecular flexibility index (Phi) is 28.7. The Balaban J connectivity index is 0.000000195. The van der Waals surface area contributed by atoms with Gasteiger partial charge in [0.25, 0.3) is 22.9 Å². The smallest absolute Gasteiger partial charge is 0.264 e. The number of fused-ring (bicyclic) bond motifs is 4. The predicted octanol–water partition coefficient (Wildman–Crippen LogP) is 6.77. The number of aromatic nitrogens is 8. The van der Waals surface area contributed by atoms with Gasteiger partial charge in [-0.1, -0.05) is 103 Å². The van der Waals surface area contributed by atoms with Crippen molar-refractivity contribution in [3.63, 3.8) is 0 Å². The monoisotopic (exact) mass is 1450 g/mol. The van der Waals surface area contributed by atoms with Gasteiger partial charge in [-0.25, -0.2) is 19.0 Å². The number of nitrogen functional groups attached to an aromatic ring is 2. The van der Waals surface area contributed by atoms with Gasteiger partial charge in [0.15, 0.2) is 22.9 Å². The Hall–Kier alpha value is -11.1. The first-order chi connectivity index (χ1) is 49.9. The van der Waals surface area contributed by atoms with Crippen molar-refractivity contribution in [3.05, 3.63) is 200 Å². The van der Waals surface area contributed by atoms with Gasteiger partial charge in [-0.15, -0.1) is 47.2 Å². The molecule has 9 heterocycles. The molecular formula is C81H87BCl2N15O6. The highest BCUT2D eigenvalue weighted by Gasteiger charge is 2.28. The highest BCUT2D eigenvalue weighted by molar-refractivity contribution is 6.35. The Morgan fingerprint density at radius 2 is 0.971 bits per heavy atom. The van der Waals surface area contributed by atoms with E-state index < -0.39 is 23.9 Å². The summed E-state index contributed by atoms with van der Waals surface area (Å²) in [6.07, 6.45) is 34.9. The molecule has 14 rings (SSSR count). The number of terminal acetylenes is 3. The van der Waals surface area contributed by atoms with Gasteiger partial charge < -0.3 is 49.6 Å². The van der Waals surface area contributed by atoms with Crippen LogP contribution in [0.25, 0.3) is 44.2 Å². The zero-order chi connectivity index (χ0) is 73.1. The minimum absolute atomic E-state index is 0. The first kappa shape index (κ1) is 79.6. The number of carbonyl (C=O) groups is 4. The molecule has 8 N–H and O–H groups in total. The Morgan fingerprint density at radius 1 is 0.552 bits per heavy atom. The van der Waals surface area contributed by atoms with E-state index in [1.165, 1.54) is 67.1 Å². The van der Waals surface area contributed by atoms with Crippen LogP contribution in [0, 0.1) is 72.5 Å². The average Bonchev–Trinajstić information content (AvgIpc) is 1.50. The van der Waals surface area contributed by atoms with Crippen molar-refractivity contribution in [2.75, 3.05) is 50.7 Å². The predicted molar refractivity (Wildman–Crippen MR) is 411 cm³/mol. The van der Waals surface area contributed by atoms with Crippen LogP contribution in [0.1, 0.15) is 148 Å². The largest absolute Gasteiger partial charge is 1.00 e. The van der Waals surface area contributed by atoms with Crippen LogP contribution in [0.15, 0.2) is 156 Å². The Bertz CT molecular complexity index is 4990. The van der Waals surface area contributed by atoms with Gasteiger partial charge >= 0.3 is 0 Å². The van der Waals surface area contributed by atoms with E-state index in [-0.39, 0.29) is 72.4 Å². The summed E-state index contributed by atoms with van der Waals surface area (Å²) in [5.41, 5.74) is 15.8. The summed E-state index contributed by atoms with van der Waals surface area (Å²) < 4.78 is 6.10. The van der Waals surface area contributed by atoms with Crippen LogP contribution < -0.4 is 50.9 Å². The van der Waals surface area contributed by atoms with Crippen LogP contribution in [0.3, 0.4) is 0 Å². The number of rotatable bonds is 8. The summed E-state index contributed by atoms with van der Waals surface area (Å²) in [7, 11) is 0. The number of nitrogens with two attached hydrogens (primary N) is 3. The molecule has 21 nitrogen and oxygen atoms in total. The molecule has 105 heavy (non-hydrogen) atoms. The van der Waals surface area contributed by atoms with Gasteiger partial charge in [0.2, 0.25) is 11.8 Å². The maximum Gasteiger partial charge on any atom is 0.264 e. The van der Waals surface area contributed by atoms with Crippen LogP contribution in [0.4, 0.5) is 11.6 Å². The van der Waals surface area contributed by atoms with E-state index in [9.17, 15) is 28.8 Å². The summed E-state index contributed by atoms with van der Waals surface area (Å²) in [6.45, 7) is 12.3. The lowest BCUT2D eigenvalue weighted by atomic mass is 9.90. The highest BCUT2D eigenvalue weighted by atomic mass is 35.5. The SMILES string of the molecule is C#CC1CCCCC1.C#CC1CCN(C(C)=O)CC1.C#CC1CC[NH2+]CC1.CC(=O)N1CCC(C#Cc2cccc3cc([C@H](C)NC(=O)c4c(N)nn5cccnc45)n(-c4ccccc4)c(=O)c23)CC1.C[C@H](NC(=O)c1c(N)nn2cccnc12)c1cc2cccc(Cl)c2c(=O)n1-c1ccccc1.[B].[Cl-]. The van der Waals surface area contributed by atoms with Crippen molar-refractivity contribution in [1.82, 2.24) is 58.8 Å². The van der Waals surface area contributed by atoms with E-state index in [2.05, 4.69) is 65.7 Å². The third-order valence-electron chi connectivity index (χ3n) is 19.1. The number of quaternary nitrogens is 1. The number of amides is 4. The van der Waals surface area contributed by atoms with Crippen LogP contribution in [-0.4, -0.2) is 119 Å². The zero-order valence-corrected chi connectivity index (χ0v) is 61.1. The molecule has 539 valence electrons. The van der Waals surface area contributed by atoms with E-state index in [0.29, 0.717) is 91.6 Å². The molecule has 3 saturated heterocycles. The number of hydrogen-bond acceptors (Lipinski definition) is 12. The van der Waals surface area contributed by atoms with Crippen molar-refractivity contribution >= 4 is 88.1 Å². The third-order valence-corrected chi connectivity index (χ3v) is 19.4. The molecule has 2 atom stereocenters. The first-order valence-electron chi connectivity index (χ1n) is 35.0.